The molecule has 2 N–H and O–H groups in total. The molecule has 0 aliphatic rings. The van der Waals surface area contributed by atoms with Crippen molar-refractivity contribution in [3.8, 4) is 0 Å². The molecule has 15 heavy (non-hydrogen) atoms. The Morgan fingerprint density at radius 1 is 1.47 bits per heavy atom. The molecular weight excluding hydrogens is 219 g/mol. The Hall–Kier alpha value is -1.07. The van der Waals surface area contributed by atoms with Crippen LogP contribution in [0, 0.1) is 5.82 Å². The zero-order valence-corrected chi connectivity index (χ0v) is 8.92. The third-order valence-corrected chi connectivity index (χ3v) is 3.11. The van der Waals surface area contributed by atoms with Crippen LogP contribution in [0.25, 0.3) is 0 Å². The number of rotatable bonds is 4. The van der Waals surface area contributed by atoms with Crippen molar-refractivity contribution in [3.63, 3.8) is 0 Å². The van der Waals surface area contributed by atoms with E-state index in [1.165, 1.54) is 43.0 Å². The van der Waals surface area contributed by atoms with Gasteiger partial charge < -0.3 is 10.2 Å². The average Bonchev–Trinajstić information content (AvgIpc) is 2.17. The number of aliphatic carboxylic acids is 1. The van der Waals surface area contributed by atoms with E-state index < -0.39 is 11.6 Å². The summed E-state index contributed by atoms with van der Waals surface area (Å²) in [6.07, 6.45) is 0. The van der Waals surface area contributed by atoms with E-state index in [1.807, 2.05) is 0 Å². The van der Waals surface area contributed by atoms with Gasteiger partial charge in [-0.15, -0.1) is 11.8 Å². The number of benzene rings is 1. The van der Waals surface area contributed by atoms with Gasteiger partial charge >= 0.3 is 5.97 Å². The first kappa shape index (κ1) is 12.0. The molecule has 82 valence electrons. The number of halogens is 1. The molecule has 0 saturated carbocycles. The van der Waals surface area contributed by atoms with Crippen molar-refractivity contribution in [2.75, 3.05) is 5.75 Å². The Morgan fingerprint density at radius 2 is 2.00 bits per heavy atom. The number of aliphatic hydroxyl groups is 1. The van der Waals surface area contributed by atoms with Crippen LogP contribution < -0.4 is 0 Å². The topological polar surface area (TPSA) is 57.5 Å². The van der Waals surface area contributed by atoms with Gasteiger partial charge in [0.25, 0.3) is 0 Å². The molecule has 0 aromatic heterocycles. The van der Waals surface area contributed by atoms with Crippen LogP contribution in [0.5, 0.6) is 0 Å². The first-order chi connectivity index (χ1) is 6.92. The minimum absolute atomic E-state index is 0.0218. The SMILES string of the molecule is C[C@@](O)(CSc1ccc(F)cc1)C(=O)O. The molecule has 0 bridgehead atoms. The lowest BCUT2D eigenvalue weighted by Crippen LogP contribution is -2.37. The minimum atomic E-state index is -1.76. The first-order valence-corrected chi connectivity index (χ1v) is 5.24. The summed E-state index contributed by atoms with van der Waals surface area (Å²) in [4.78, 5) is 11.3. The zero-order valence-electron chi connectivity index (χ0n) is 8.11. The molecular formula is C10H11FO3S. The Labute approximate surface area is 90.9 Å². The van der Waals surface area contributed by atoms with Crippen LogP contribution in [0.3, 0.4) is 0 Å². The molecule has 1 aromatic rings. The fourth-order valence-corrected chi connectivity index (χ4v) is 1.72. The van der Waals surface area contributed by atoms with Crippen molar-refractivity contribution in [1.29, 1.82) is 0 Å². The van der Waals surface area contributed by atoms with Gasteiger partial charge in [-0.2, -0.15) is 0 Å². The van der Waals surface area contributed by atoms with Gasteiger partial charge in [0.1, 0.15) is 5.82 Å². The number of carbonyl (C=O) groups is 1. The van der Waals surface area contributed by atoms with Crippen molar-refractivity contribution in [3.05, 3.63) is 30.1 Å². The molecule has 0 aliphatic carbocycles. The molecule has 1 atom stereocenters. The van der Waals surface area contributed by atoms with E-state index in [1.54, 1.807) is 0 Å². The quantitative estimate of drug-likeness (QED) is 0.774. The van der Waals surface area contributed by atoms with Crippen molar-refractivity contribution in [2.45, 2.75) is 17.4 Å². The summed E-state index contributed by atoms with van der Waals surface area (Å²) in [5, 5.41) is 18.1. The number of carboxylic acids is 1. The van der Waals surface area contributed by atoms with Crippen molar-refractivity contribution in [1.82, 2.24) is 0 Å². The fraction of sp³-hybridized carbons (Fsp3) is 0.300. The lowest BCUT2D eigenvalue weighted by Gasteiger charge is -2.16. The molecule has 5 heteroatoms. The Morgan fingerprint density at radius 3 is 2.47 bits per heavy atom. The molecule has 0 unspecified atom stereocenters. The van der Waals surface area contributed by atoms with Crippen LogP contribution in [-0.4, -0.2) is 27.5 Å². The highest BCUT2D eigenvalue weighted by Crippen LogP contribution is 2.22. The molecule has 0 fully saturated rings. The Bertz CT molecular complexity index is 348. The van der Waals surface area contributed by atoms with Crippen LogP contribution >= 0.6 is 11.8 Å². The van der Waals surface area contributed by atoms with E-state index in [9.17, 15) is 14.3 Å². The second-order valence-corrected chi connectivity index (χ2v) is 4.37. The maximum absolute atomic E-state index is 12.5. The van der Waals surface area contributed by atoms with Crippen molar-refractivity contribution in [2.24, 2.45) is 0 Å². The van der Waals surface area contributed by atoms with Gasteiger partial charge in [-0.05, 0) is 31.2 Å². The van der Waals surface area contributed by atoms with Crippen LogP contribution in [0.4, 0.5) is 4.39 Å². The number of hydrogen-bond acceptors (Lipinski definition) is 3. The van der Waals surface area contributed by atoms with Gasteiger partial charge in [-0.1, -0.05) is 0 Å². The van der Waals surface area contributed by atoms with E-state index >= 15 is 0 Å². The molecule has 0 heterocycles. The molecule has 1 rings (SSSR count). The monoisotopic (exact) mass is 230 g/mol. The van der Waals surface area contributed by atoms with Crippen LogP contribution in [0.15, 0.2) is 29.2 Å². The normalized spacial score (nSPS) is 14.6. The summed E-state index contributed by atoms with van der Waals surface area (Å²) in [5.74, 6) is -1.59. The van der Waals surface area contributed by atoms with Gasteiger partial charge in [0.15, 0.2) is 5.60 Å². The molecule has 1 aromatic carbocycles. The Balaban J connectivity index is 2.57. The number of carboxylic acid groups (broad SMARTS) is 1. The maximum atomic E-state index is 12.5. The average molecular weight is 230 g/mol. The highest BCUT2D eigenvalue weighted by molar-refractivity contribution is 7.99. The highest BCUT2D eigenvalue weighted by Gasteiger charge is 2.29. The van der Waals surface area contributed by atoms with Crippen molar-refractivity contribution >= 4 is 17.7 Å². The Kier molecular flexibility index (Phi) is 3.71. The molecule has 0 radical (unpaired) electrons. The van der Waals surface area contributed by atoms with E-state index in [2.05, 4.69) is 0 Å². The van der Waals surface area contributed by atoms with Crippen LogP contribution in [0.1, 0.15) is 6.92 Å². The molecule has 3 nitrogen and oxygen atoms in total. The predicted octanol–water partition coefficient (Wildman–Crippen LogP) is 1.75. The predicted molar refractivity (Wildman–Crippen MR) is 55.4 cm³/mol. The smallest absolute Gasteiger partial charge is 0.336 e. The second kappa shape index (κ2) is 4.63. The fourth-order valence-electron chi connectivity index (χ4n) is 0.816. The minimum Gasteiger partial charge on any atom is -0.479 e. The summed E-state index contributed by atoms with van der Waals surface area (Å²) in [6, 6.07) is 5.66. The second-order valence-electron chi connectivity index (χ2n) is 3.32. The van der Waals surface area contributed by atoms with E-state index in [0.29, 0.717) is 0 Å². The first-order valence-electron chi connectivity index (χ1n) is 4.26. The number of thioether (sulfide) groups is 1. The molecule has 0 spiro atoms. The van der Waals surface area contributed by atoms with Gasteiger partial charge in [0.05, 0.1) is 0 Å². The third kappa shape index (κ3) is 3.53. The largest absolute Gasteiger partial charge is 0.479 e. The summed E-state index contributed by atoms with van der Waals surface area (Å²) in [6.45, 7) is 1.23. The van der Waals surface area contributed by atoms with E-state index in [0.717, 1.165) is 4.90 Å². The highest BCUT2D eigenvalue weighted by atomic mass is 32.2. The van der Waals surface area contributed by atoms with E-state index in [4.69, 9.17) is 5.11 Å². The zero-order chi connectivity index (χ0) is 11.5. The van der Waals surface area contributed by atoms with E-state index in [-0.39, 0.29) is 11.6 Å². The summed E-state index contributed by atoms with van der Waals surface area (Å²) in [7, 11) is 0. The number of hydrogen-bond donors (Lipinski definition) is 2. The summed E-state index contributed by atoms with van der Waals surface area (Å²) >= 11 is 1.17. The molecule has 0 aliphatic heterocycles. The molecule has 0 amide bonds. The summed E-state index contributed by atoms with van der Waals surface area (Å²) in [5.41, 5.74) is -1.76. The van der Waals surface area contributed by atoms with Crippen LogP contribution in [-0.2, 0) is 4.79 Å². The maximum Gasteiger partial charge on any atom is 0.336 e. The van der Waals surface area contributed by atoms with Gasteiger partial charge in [0, 0.05) is 10.6 Å². The van der Waals surface area contributed by atoms with Gasteiger partial charge in [-0.25, -0.2) is 9.18 Å². The van der Waals surface area contributed by atoms with Crippen LogP contribution in [0.2, 0.25) is 0 Å². The summed E-state index contributed by atoms with van der Waals surface area (Å²) < 4.78 is 12.5. The molecule has 0 saturated heterocycles. The van der Waals surface area contributed by atoms with Gasteiger partial charge in [-0.3, -0.25) is 0 Å². The van der Waals surface area contributed by atoms with Crippen molar-refractivity contribution < 1.29 is 19.4 Å². The van der Waals surface area contributed by atoms with Gasteiger partial charge in [0.2, 0.25) is 0 Å². The third-order valence-electron chi connectivity index (χ3n) is 1.79. The standard InChI is InChI=1S/C10H11FO3S/c1-10(14,9(12)13)6-15-8-4-2-7(11)3-5-8/h2-5,14H,6H2,1H3,(H,12,13)/t10-/m1/s1. The lowest BCUT2D eigenvalue weighted by molar-refractivity contribution is -0.154. The lowest BCUT2D eigenvalue weighted by atomic mass is 10.1.